The monoisotopic (exact) mass is 316 g/mol. The van der Waals surface area contributed by atoms with Crippen molar-refractivity contribution in [3.05, 3.63) is 10.3 Å². The third-order valence-electron chi connectivity index (χ3n) is 2.64. The summed E-state index contributed by atoms with van der Waals surface area (Å²) in [5.74, 6) is 0. The molecule has 0 aliphatic carbocycles. The zero-order valence-electron chi connectivity index (χ0n) is 10.8. The molecule has 0 radical (unpaired) electrons. The highest BCUT2D eigenvalue weighted by Gasteiger charge is 2.25. The van der Waals surface area contributed by atoms with Crippen molar-refractivity contribution in [3.63, 3.8) is 0 Å². The van der Waals surface area contributed by atoms with E-state index in [1.54, 1.807) is 4.90 Å². The molecule has 100 valence electrons. The summed E-state index contributed by atoms with van der Waals surface area (Å²) in [5.41, 5.74) is 0.570. The summed E-state index contributed by atoms with van der Waals surface area (Å²) in [4.78, 5) is 13.7. The Hall–Kier alpha value is -1.11. The van der Waals surface area contributed by atoms with E-state index in [4.69, 9.17) is 4.74 Å². The predicted molar refractivity (Wildman–Crippen MR) is 69.2 cm³/mol. The SMILES string of the molecule is CC(C)(C)OC(=O)N1CCc2c(Br)nnn2CC1. The minimum atomic E-state index is -0.459. The Bertz CT molecular complexity index is 452. The van der Waals surface area contributed by atoms with Gasteiger partial charge in [0.15, 0.2) is 4.60 Å². The summed E-state index contributed by atoms with van der Waals surface area (Å²) >= 11 is 3.36. The van der Waals surface area contributed by atoms with Gasteiger partial charge >= 0.3 is 6.09 Å². The van der Waals surface area contributed by atoms with Gasteiger partial charge in [0.1, 0.15) is 5.60 Å². The lowest BCUT2D eigenvalue weighted by Gasteiger charge is -2.26. The number of hydrogen-bond donors (Lipinski definition) is 0. The number of nitrogens with zero attached hydrogens (tertiary/aromatic N) is 4. The normalized spacial score (nSPS) is 16.1. The Labute approximate surface area is 114 Å². The highest BCUT2D eigenvalue weighted by Crippen LogP contribution is 2.18. The van der Waals surface area contributed by atoms with Crippen LogP contribution in [0.3, 0.4) is 0 Å². The van der Waals surface area contributed by atoms with Crippen LogP contribution in [0.4, 0.5) is 4.79 Å². The molecule has 0 saturated carbocycles. The lowest BCUT2D eigenvalue weighted by atomic mass is 10.2. The molecule has 0 unspecified atom stereocenters. The zero-order chi connectivity index (χ0) is 13.3. The van der Waals surface area contributed by atoms with Gasteiger partial charge in [-0.25, -0.2) is 9.48 Å². The van der Waals surface area contributed by atoms with Gasteiger partial charge in [-0.15, -0.1) is 5.10 Å². The molecule has 1 amide bonds. The number of ether oxygens (including phenoxy) is 1. The Balaban J connectivity index is 2.02. The summed E-state index contributed by atoms with van der Waals surface area (Å²) in [6, 6.07) is 0. The molecule has 1 aliphatic rings. The molecule has 0 aromatic carbocycles. The van der Waals surface area contributed by atoms with Crippen molar-refractivity contribution in [2.24, 2.45) is 0 Å². The van der Waals surface area contributed by atoms with Crippen LogP contribution in [0.2, 0.25) is 0 Å². The largest absolute Gasteiger partial charge is 0.444 e. The maximum atomic E-state index is 12.0. The minimum absolute atomic E-state index is 0.266. The molecule has 0 atom stereocenters. The molecular weight excluding hydrogens is 300 g/mol. The lowest BCUT2D eigenvalue weighted by Crippen LogP contribution is -2.38. The van der Waals surface area contributed by atoms with E-state index in [1.807, 2.05) is 25.5 Å². The van der Waals surface area contributed by atoms with E-state index in [1.165, 1.54) is 0 Å². The van der Waals surface area contributed by atoms with Gasteiger partial charge in [-0.2, -0.15) is 0 Å². The first-order chi connectivity index (χ1) is 8.37. The van der Waals surface area contributed by atoms with Gasteiger partial charge in [0.05, 0.1) is 12.2 Å². The Morgan fingerprint density at radius 1 is 1.33 bits per heavy atom. The second kappa shape index (κ2) is 4.87. The average molecular weight is 317 g/mol. The van der Waals surface area contributed by atoms with E-state index in [2.05, 4.69) is 26.2 Å². The molecule has 7 heteroatoms. The van der Waals surface area contributed by atoms with E-state index in [-0.39, 0.29) is 6.09 Å². The van der Waals surface area contributed by atoms with Crippen LogP contribution in [0.5, 0.6) is 0 Å². The van der Waals surface area contributed by atoms with Gasteiger partial charge in [-0.3, -0.25) is 0 Å². The van der Waals surface area contributed by atoms with Crippen molar-refractivity contribution in [2.75, 3.05) is 13.1 Å². The Morgan fingerprint density at radius 3 is 2.72 bits per heavy atom. The number of amides is 1. The zero-order valence-corrected chi connectivity index (χ0v) is 12.4. The topological polar surface area (TPSA) is 60.2 Å². The van der Waals surface area contributed by atoms with E-state index < -0.39 is 5.60 Å². The summed E-state index contributed by atoms with van der Waals surface area (Å²) in [5, 5.41) is 7.99. The van der Waals surface area contributed by atoms with E-state index in [0.717, 1.165) is 16.7 Å². The number of carbonyl (C=O) groups excluding carboxylic acids is 1. The predicted octanol–water partition coefficient (Wildman–Crippen LogP) is 1.83. The number of halogens is 1. The molecule has 0 saturated heterocycles. The lowest BCUT2D eigenvalue weighted by molar-refractivity contribution is 0.0253. The fourth-order valence-electron chi connectivity index (χ4n) is 1.80. The number of rotatable bonds is 0. The van der Waals surface area contributed by atoms with E-state index in [9.17, 15) is 4.79 Å². The van der Waals surface area contributed by atoms with Crippen molar-refractivity contribution in [2.45, 2.75) is 39.3 Å². The van der Waals surface area contributed by atoms with Crippen LogP contribution in [0.1, 0.15) is 26.5 Å². The molecule has 2 rings (SSSR count). The minimum Gasteiger partial charge on any atom is -0.444 e. The fourth-order valence-corrected chi connectivity index (χ4v) is 2.27. The maximum Gasteiger partial charge on any atom is 0.410 e. The van der Waals surface area contributed by atoms with Crippen LogP contribution in [-0.2, 0) is 17.7 Å². The fraction of sp³-hybridized carbons (Fsp3) is 0.727. The first-order valence-electron chi connectivity index (χ1n) is 5.92. The number of aromatic nitrogens is 3. The Kier molecular flexibility index (Phi) is 3.61. The van der Waals surface area contributed by atoms with Crippen LogP contribution >= 0.6 is 15.9 Å². The second-order valence-electron chi connectivity index (χ2n) is 5.27. The van der Waals surface area contributed by atoms with Crippen molar-refractivity contribution in [1.82, 2.24) is 19.9 Å². The highest BCUT2D eigenvalue weighted by atomic mass is 79.9. The van der Waals surface area contributed by atoms with Gasteiger partial charge < -0.3 is 9.64 Å². The number of hydrogen-bond acceptors (Lipinski definition) is 4. The summed E-state index contributed by atoms with van der Waals surface area (Å²) in [6.07, 6.45) is 0.463. The number of carbonyl (C=O) groups is 1. The first-order valence-corrected chi connectivity index (χ1v) is 6.72. The third-order valence-corrected chi connectivity index (χ3v) is 3.26. The standard InChI is InChI=1S/C11H17BrN4O2/c1-11(2,3)18-10(17)15-5-4-8-9(12)13-14-16(8)7-6-15/h4-7H2,1-3H3. The van der Waals surface area contributed by atoms with Gasteiger partial charge in [-0.05, 0) is 36.7 Å². The highest BCUT2D eigenvalue weighted by molar-refractivity contribution is 9.10. The van der Waals surface area contributed by atoms with Crippen molar-refractivity contribution >= 4 is 22.0 Å². The molecule has 0 bridgehead atoms. The van der Waals surface area contributed by atoms with E-state index in [0.29, 0.717) is 19.6 Å². The molecule has 18 heavy (non-hydrogen) atoms. The van der Waals surface area contributed by atoms with Crippen molar-refractivity contribution in [3.8, 4) is 0 Å². The molecular formula is C11H17BrN4O2. The maximum absolute atomic E-state index is 12.0. The third kappa shape index (κ3) is 3.01. The summed E-state index contributed by atoms with van der Waals surface area (Å²) in [6.45, 7) is 7.47. The van der Waals surface area contributed by atoms with Crippen LogP contribution in [0.15, 0.2) is 4.60 Å². The van der Waals surface area contributed by atoms with Crippen LogP contribution in [-0.4, -0.2) is 44.7 Å². The van der Waals surface area contributed by atoms with Gasteiger partial charge in [0.2, 0.25) is 0 Å². The van der Waals surface area contributed by atoms with E-state index >= 15 is 0 Å². The number of fused-ring (bicyclic) bond motifs is 1. The molecule has 1 aromatic heterocycles. The van der Waals surface area contributed by atoms with Crippen molar-refractivity contribution < 1.29 is 9.53 Å². The van der Waals surface area contributed by atoms with Crippen LogP contribution < -0.4 is 0 Å². The van der Waals surface area contributed by atoms with Gasteiger partial charge in [0, 0.05) is 19.5 Å². The molecule has 1 aliphatic heterocycles. The Morgan fingerprint density at radius 2 is 2.06 bits per heavy atom. The van der Waals surface area contributed by atoms with Crippen LogP contribution in [0.25, 0.3) is 0 Å². The molecule has 2 heterocycles. The molecule has 0 spiro atoms. The second-order valence-corrected chi connectivity index (χ2v) is 6.02. The molecule has 1 aromatic rings. The first kappa shape index (κ1) is 13.3. The van der Waals surface area contributed by atoms with Gasteiger partial charge in [-0.1, -0.05) is 5.21 Å². The summed E-state index contributed by atoms with van der Waals surface area (Å²) in [7, 11) is 0. The summed E-state index contributed by atoms with van der Waals surface area (Å²) < 4.78 is 7.95. The molecule has 0 fully saturated rings. The quantitative estimate of drug-likeness (QED) is 0.732. The van der Waals surface area contributed by atoms with Gasteiger partial charge in [0.25, 0.3) is 0 Å². The average Bonchev–Trinajstić information content (AvgIpc) is 2.48. The van der Waals surface area contributed by atoms with Crippen LogP contribution in [0, 0.1) is 0 Å². The smallest absolute Gasteiger partial charge is 0.410 e. The molecule has 6 nitrogen and oxygen atoms in total. The van der Waals surface area contributed by atoms with Crippen molar-refractivity contribution in [1.29, 1.82) is 0 Å². The molecule has 0 N–H and O–H groups in total.